The quantitative estimate of drug-likeness (QED) is 0.390. The van der Waals surface area contributed by atoms with Crippen molar-refractivity contribution in [3.8, 4) is 0 Å². The number of hydrogen-bond acceptors (Lipinski definition) is 6. The maximum Gasteiger partial charge on any atom is 0.331 e. The average molecular weight is 251 g/mol. The molecule has 7 heteroatoms. The van der Waals surface area contributed by atoms with E-state index < -0.39 is 27.6 Å². The van der Waals surface area contributed by atoms with Gasteiger partial charge in [0.2, 0.25) is 5.44 Å². The summed E-state index contributed by atoms with van der Waals surface area (Å²) in [5.41, 5.74) is -1.39. The van der Waals surface area contributed by atoms with Gasteiger partial charge in [-0.2, -0.15) is 8.42 Å². The van der Waals surface area contributed by atoms with Gasteiger partial charge >= 0.3 is 16.1 Å². The molecule has 6 nitrogen and oxygen atoms in total. The second-order valence-electron chi connectivity index (χ2n) is 3.02. The molecular weight excluding hydrogens is 234 g/mol. The maximum atomic E-state index is 11.5. The Bertz CT molecular complexity index is 338. The Morgan fingerprint density at radius 3 is 2.50 bits per heavy atom. The molecule has 16 heavy (non-hydrogen) atoms. The van der Waals surface area contributed by atoms with E-state index in [1.165, 1.54) is 0 Å². The van der Waals surface area contributed by atoms with E-state index in [9.17, 15) is 13.2 Å². The summed E-state index contributed by atoms with van der Waals surface area (Å²) in [6, 6.07) is -0.571. The van der Waals surface area contributed by atoms with Crippen LogP contribution in [-0.4, -0.2) is 39.5 Å². The Labute approximate surface area is 95.7 Å². The van der Waals surface area contributed by atoms with E-state index >= 15 is 0 Å². The lowest BCUT2D eigenvalue weighted by molar-refractivity contribution is -0.140. The number of ether oxygens (including phenoxy) is 1. The third-order valence-corrected chi connectivity index (χ3v) is 3.39. The molecule has 0 aromatic heterocycles. The molecule has 0 fully saturated rings. The number of carbonyl (C=O) groups is 1. The van der Waals surface area contributed by atoms with Crippen molar-refractivity contribution >= 4 is 16.1 Å². The lowest BCUT2D eigenvalue weighted by atomic mass is 10.3. The molecule has 0 amide bonds. The van der Waals surface area contributed by atoms with Crippen LogP contribution < -0.4 is 5.32 Å². The standard InChI is InChI=1S/C9H17NO5S/c1-5-8(11)15-9(7(3)10-6-2)16(12,13)14-4/h5,7,9-10H,1,6H2,2-4H3. The normalized spacial score (nSPS) is 15.2. The molecule has 94 valence electrons. The van der Waals surface area contributed by atoms with Gasteiger partial charge < -0.3 is 10.1 Å². The van der Waals surface area contributed by atoms with Crippen LogP contribution in [-0.2, 0) is 23.8 Å². The van der Waals surface area contributed by atoms with Gasteiger partial charge in [0.05, 0.1) is 13.2 Å². The van der Waals surface area contributed by atoms with Crippen molar-refractivity contribution in [3.63, 3.8) is 0 Å². The molecule has 2 atom stereocenters. The molecule has 0 aliphatic rings. The van der Waals surface area contributed by atoms with Gasteiger partial charge in [-0.3, -0.25) is 4.18 Å². The molecule has 0 aromatic carbocycles. The fraction of sp³-hybridized carbons (Fsp3) is 0.667. The van der Waals surface area contributed by atoms with Crippen LogP contribution in [0.25, 0.3) is 0 Å². The second kappa shape index (κ2) is 6.62. The zero-order valence-corrected chi connectivity index (χ0v) is 10.4. The number of hydrogen-bond donors (Lipinski definition) is 1. The van der Waals surface area contributed by atoms with Crippen LogP contribution in [0.5, 0.6) is 0 Å². The highest BCUT2D eigenvalue weighted by molar-refractivity contribution is 7.87. The zero-order valence-electron chi connectivity index (χ0n) is 9.60. The van der Waals surface area contributed by atoms with E-state index in [1.54, 1.807) is 6.92 Å². The van der Waals surface area contributed by atoms with Gasteiger partial charge in [0.15, 0.2) is 0 Å². The molecule has 0 heterocycles. The first-order valence-corrected chi connectivity index (χ1v) is 6.22. The lowest BCUT2D eigenvalue weighted by Crippen LogP contribution is -2.45. The Hall–Kier alpha value is -0.920. The molecular formula is C9H17NO5S. The van der Waals surface area contributed by atoms with Gasteiger partial charge in [-0.15, -0.1) is 0 Å². The van der Waals surface area contributed by atoms with Crippen LogP contribution in [0.1, 0.15) is 13.8 Å². The Balaban J connectivity index is 4.90. The highest BCUT2D eigenvalue weighted by Crippen LogP contribution is 2.10. The number of likely N-dealkylation sites (N-methyl/N-ethyl adjacent to an activating group) is 1. The molecule has 0 saturated carbocycles. The van der Waals surface area contributed by atoms with Gasteiger partial charge in [-0.05, 0) is 13.5 Å². The van der Waals surface area contributed by atoms with Gasteiger partial charge in [-0.25, -0.2) is 4.79 Å². The van der Waals surface area contributed by atoms with Crippen molar-refractivity contribution in [3.05, 3.63) is 12.7 Å². The predicted octanol–water partition coefficient (Wildman–Crippen LogP) is 0.0159. The topological polar surface area (TPSA) is 81.7 Å². The van der Waals surface area contributed by atoms with Crippen molar-refractivity contribution in [2.75, 3.05) is 13.7 Å². The molecule has 1 N–H and O–H groups in total. The summed E-state index contributed by atoms with van der Waals surface area (Å²) in [4.78, 5) is 11.0. The SMILES string of the molecule is C=CC(=O)OC(C(C)NCC)S(=O)(=O)OC. The fourth-order valence-corrected chi connectivity index (χ4v) is 2.09. The minimum Gasteiger partial charge on any atom is -0.438 e. The smallest absolute Gasteiger partial charge is 0.331 e. The zero-order chi connectivity index (χ0) is 12.8. The van der Waals surface area contributed by atoms with Gasteiger partial charge in [0.25, 0.3) is 0 Å². The lowest BCUT2D eigenvalue weighted by Gasteiger charge is -2.22. The first kappa shape index (κ1) is 15.1. The van der Waals surface area contributed by atoms with E-state index in [-0.39, 0.29) is 0 Å². The van der Waals surface area contributed by atoms with Gasteiger partial charge in [0, 0.05) is 6.08 Å². The summed E-state index contributed by atoms with van der Waals surface area (Å²) in [6.45, 7) is 7.13. The first-order valence-electron chi connectivity index (χ1n) is 4.74. The molecule has 0 aromatic rings. The monoisotopic (exact) mass is 251 g/mol. The highest BCUT2D eigenvalue weighted by Gasteiger charge is 2.33. The maximum absolute atomic E-state index is 11.5. The van der Waals surface area contributed by atoms with Crippen LogP contribution in [0.15, 0.2) is 12.7 Å². The van der Waals surface area contributed by atoms with Crippen LogP contribution in [0.3, 0.4) is 0 Å². The Kier molecular flexibility index (Phi) is 6.24. The minimum atomic E-state index is -3.94. The largest absolute Gasteiger partial charge is 0.438 e. The number of nitrogens with one attached hydrogen (secondary N) is 1. The van der Waals surface area contributed by atoms with Crippen molar-refractivity contribution in [1.29, 1.82) is 0 Å². The van der Waals surface area contributed by atoms with E-state index in [2.05, 4.69) is 16.1 Å². The van der Waals surface area contributed by atoms with E-state index in [4.69, 9.17) is 4.74 Å². The predicted molar refractivity (Wildman–Crippen MR) is 59.1 cm³/mol. The van der Waals surface area contributed by atoms with Crippen molar-refractivity contribution in [1.82, 2.24) is 5.32 Å². The van der Waals surface area contributed by atoms with Gasteiger partial charge in [0.1, 0.15) is 0 Å². The molecule has 2 unspecified atom stereocenters. The van der Waals surface area contributed by atoms with Crippen LogP contribution in [0.4, 0.5) is 0 Å². The fourth-order valence-electron chi connectivity index (χ4n) is 1.09. The molecule has 0 spiro atoms. The summed E-state index contributed by atoms with van der Waals surface area (Å²) in [5.74, 6) is -0.810. The summed E-state index contributed by atoms with van der Waals surface area (Å²) >= 11 is 0. The first-order chi connectivity index (χ1) is 7.38. The average Bonchev–Trinajstić information content (AvgIpc) is 2.25. The third-order valence-electron chi connectivity index (χ3n) is 1.85. The van der Waals surface area contributed by atoms with Crippen LogP contribution in [0.2, 0.25) is 0 Å². The van der Waals surface area contributed by atoms with Crippen molar-refractivity contribution < 1.29 is 22.1 Å². The number of esters is 1. The summed E-state index contributed by atoms with van der Waals surface area (Å²) in [5, 5.41) is 2.84. The molecule has 0 saturated heterocycles. The molecule has 0 bridgehead atoms. The summed E-state index contributed by atoms with van der Waals surface area (Å²) in [7, 11) is -2.92. The summed E-state index contributed by atoms with van der Waals surface area (Å²) in [6.07, 6.45) is 0.900. The van der Waals surface area contributed by atoms with E-state index in [1.807, 2.05) is 6.92 Å². The van der Waals surface area contributed by atoms with Crippen LogP contribution in [0, 0.1) is 0 Å². The number of carbonyl (C=O) groups excluding carboxylic acids is 1. The molecule has 0 radical (unpaired) electrons. The highest BCUT2D eigenvalue weighted by atomic mass is 32.2. The van der Waals surface area contributed by atoms with Crippen molar-refractivity contribution in [2.45, 2.75) is 25.3 Å². The Morgan fingerprint density at radius 2 is 2.12 bits per heavy atom. The third kappa shape index (κ3) is 4.30. The van der Waals surface area contributed by atoms with Crippen molar-refractivity contribution in [2.24, 2.45) is 0 Å². The molecule has 0 aliphatic heterocycles. The number of rotatable bonds is 7. The molecule has 0 rings (SSSR count). The van der Waals surface area contributed by atoms with Crippen LogP contribution >= 0.6 is 0 Å². The van der Waals surface area contributed by atoms with E-state index in [0.717, 1.165) is 13.2 Å². The van der Waals surface area contributed by atoms with Gasteiger partial charge in [-0.1, -0.05) is 13.5 Å². The second-order valence-corrected chi connectivity index (χ2v) is 4.80. The minimum absolute atomic E-state index is 0.544. The van der Waals surface area contributed by atoms with E-state index in [0.29, 0.717) is 6.54 Å². The molecule has 0 aliphatic carbocycles. The summed E-state index contributed by atoms with van der Waals surface area (Å²) < 4.78 is 32.1. The Morgan fingerprint density at radius 1 is 1.56 bits per heavy atom.